The van der Waals surface area contributed by atoms with Crippen LogP contribution in [-0.4, -0.2) is 23.6 Å². The van der Waals surface area contributed by atoms with Crippen LogP contribution in [0.15, 0.2) is 10.9 Å². The summed E-state index contributed by atoms with van der Waals surface area (Å²) in [6.45, 7) is 1.91. The lowest BCUT2D eigenvalue weighted by Gasteiger charge is -2.23. The van der Waals surface area contributed by atoms with Gasteiger partial charge in [-0.2, -0.15) is 5.26 Å². The SMILES string of the molecule is COCc1cc(C)n(CC(=O)NC2CCCCC2)c(=O)c1C#N. The number of carbonyl (C=O) groups is 1. The smallest absolute Gasteiger partial charge is 0.269 e. The van der Waals surface area contributed by atoms with Gasteiger partial charge in [-0.15, -0.1) is 0 Å². The molecule has 0 bridgehead atoms. The van der Waals surface area contributed by atoms with Crippen LogP contribution < -0.4 is 10.9 Å². The van der Waals surface area contributed by atoms with E-state index in [1.54, 1.807) is 13.0 Å². The van der Waals surface area contributed by atoms with Crippen molar-refractivity contribution < 1.29 is 9.53 Å². The van der Waals surface area contributed by atoms with Crippen molar-refractivity contribution in [3.63, 3.8) is 0 Å². The van der Waals surface area contributed by atoms with E-state index in [4.69, 9.17) is 4.74 Å². The van der Waals surface area contributed by atoms with Gasteiger partial charge in [-0.1, -0.05) is 19.3 Å². The van der Waals surface area contributed by atoms with Gasteiger partial charge in [0.15, 0.2) is 0 Å². The minimum absolute atomic E-state index is 0.0444. The normalized spacial score (nSPS) is 15.2. The molecule has 1 amide bonds. The Kier molecular flexibility index (Phi) is 5.94. The first-order valence-electron chi connectivity index (χ1n) is 7.98. The van der Waals surface area contributed by atoms with Crippen LogP contribution in [0.4, 0.5) is 0 Å². The fourth-order valence-electron chi connectivity index (χ4n) is 3.08. The van der Waals surface area contributed by atoms with Crippen molar-refractivity contribution in [1.82, 2.24) is 9.88 Å². The number of aryl methyl sites for hydroxylation is 1. The van der Waals surface area contributed by atoms with E-state index in [0.717, 1.165) is 25.7 Å². The first-order valence-corrected chi connectivity index (χ1v) is 7.98. The number of nitrogens with zero attached hydrogens (tertiary/aromatic N) is 2. The number of hydrogen-bond donors (Lipinski definition) is 1. The number of carbonyl (C=O) groups excluding carboxylic acids is 1. The molecule has 1 N–H and O–H groups in total. The fourth-order valence-corrected chi connectivity index (χ4v) is 3.08. The topological polar surface area (TPSA) is 84.1 Å². The maximum atomic E-state index is 12.4. The Labute approximate surface area is 136 Å². The van der Waals surface area contributed by atoms with Gasteiger partial charge < -0.3 is 14.6 Å². The summed E-state index contributed by atoms with van der Waals surface area (Å²) in [6, 6.07) is 3.86. The standard InChI is InChI=1S/C17H23N3O3/c1-12-8-13(11-23-2)15(9-18)17(22)20(12)10-16(21)19-14-6-4-3-5-7-14/h8,14H,3-7,10-11H2,1-2H3,(H,19,21). The van der Waals surface area contributed by atoms with Crippen LogP contribution >= 0.6 is 0 Å². The lowest BCUT2D eigenvalue weighted by atomic mass is 9.95. The van der Waals surface area contributed by atoms with E-state index in [9.17, 15) is 14.9 Å². The van der Waals surface area contributed by atoms with Gasteiger partial charge in [-0.3, -0.25) is 9.59 Å². The second-order valence-corrected chi connectivity index (χ2v) is 6.02. The number of amides is 1. The molecule has 0 unspecified atom stereocenters. The van der Waals surface area contributed by atoms with Crippen LogP contribution in [0.25, 0.3) is 0 Å². The summed E-state index contributed by atoms with van der Waals surface area (Å²) in [5.41, 5.74) is 0.822. The van der Waals surface area contributed by atoms with Crippen molar-refractivity contribution in [3.8, 4) is 6.07 Å². The molecule has 0 aliphatic heterocycles. The first kappa shape index (κ1) is 17.2. The summed E-state index contributed by atoms with van der Waals surface area (Å²) in [6.07, 6.45) is 5.48. The maximum absolute atomic E-state index is 12.4. The Morgan fingerprint density at radius 1 is 1.43 bits per heavy atom. The molecule has 2 rings (SSSR count). The average Bonchev–Trinajstić information content (AvgIpc) is 2.53. The summed E-state index contributed by atoms with van der Waals surface area (Å²) < 4.78 is 6.38. The van der Waals surface area contributed by atoms with E-state index in [2.05, 4.69) is 5.32 Å². The zero-order chi connectivity index (χ0) is 16.8. The van der Waals surface area contributed by atoms with Gasteiger partial charge in [0.05, 0.1) is 6.61 Å². The quantitative estimate of drug-likeness (QED) is 0.894. The minimum Gasteiger partial charge on any atom is -0.380 e. The molecule has 1 aromatic rings. The molecule has 1 heterocycles. The predicted molar refractivity (Wildman–Crippen MR) is 85.9 cm³/mol. The molecule has 1 saturated carbocycles. The van der Waals surface area contributed by atoms with Crippen LogP contribution in [0.3, 0.4) is 0 Å². The van der Waals surface area contributed by atoms with E-state index >= 15 is 0 Å². The number of hydrogen-bond acceptors (Lipinski definition) is 4. The van der Waals surface area contributed by atoms with E-state index in [1.165, 1.54) is 18.1 Å². The number of rotatable bonds is 5. The van der Waals surface area contributed by atoms with Gasteiger partial charge >= 0.3 is 0 Å². The van der Waals surface area contributed by atoms with Crippen LogP contribution in [-0.2, 0) is 22.7 Å². The van der Waals surface area contributed by atoms with E-state index in [0.29, 0.717) is 11.3 Å². The van der Waals surface area contributed by atoms with Crippen molar-refractivity contribution in [2.45, 2.75) is 58.2 Å². The maximum Gasteiger partial charge on any atom is 0.269 e. The summed E-state index contributed by atoms with van der Waals surface area (Å²) in [4.78, 5) is 24.7. The Morgan fingerprint density at radius 2 is 2.13 bits per heavy atom. The number of pyridine rings is 1. The third kappa shape index (κ3) is 4.20. The van der Waals surface area contributed by atoms with Gasteiger partial charge in [0.1, 0.15) is 18.2 Å². The van der Waals surface area contributed by atoms with Crippen LogP contribution in [0.1, 0.15) is 48.9 Å². The zero-order valence-electron chi connectivity index (χ0n) is 13.7. The van der Waals surface area contributed by atoms with Gasteiger partial charge in [-0.05, 0) is 25.8 Å². The highest BCUT2D eigenvalue weighted by atomic mass is 16.5. The van der Waals surface area contributed by atoms with Gasteiger partial charge in [0, 0.05) is 24.4 Å². The molecule has 1 aromatic heterocycles. The first-order chi connectivity index (χ1) is 11.1. The number of methoxy groups -OCH3 is 1. The molecule has 1 aliphatic carbocycles. The highest BCUT2D eigenvalue weighted by Gasteiger charge is 2.18. The van der Waals surface area contributed by atoms with Crippen molar-refractivity contribution in [2.75, 3.05) is 7.11 Å². The fraction of sp³-hybridized carbons (Fsp3) is 0.588. The molecule has 1 aliphatic rings. The highest BCUT2D eigenvalue weighted by Crippen LogP contribution is 2.17. The molecule has 0 atom stereocenters. The van der Waals surface area contributed by atoms with Gasteiger partial charge in [-0.25, -0.2) is 0 Å². The Bertz CT molecular complexity index is 667. The Hall–Kier alpha value is -2.13. The highest BCUT2D eigenvalue weighted by molar-refractivity contribution is 5.76. The predicted octanol–water partition coefficient (Wildman–Crippen LogP) is 1.62. The number of nitriles is 1. The molecule has 0 aromatic carbocycles. The van der Waals surface area contributed by atoms with Crippen molar-refractivity contribution in [3.05, 3.63) is 33.2 Å². The molecule has 0 spiro atoms. The molecule has 23 heavy (non-hydrogen) atoms. The lowest BCUT2D eigenvalue weighted by Crippen LogP contribution is -2.40. The lowest BCUT2D eigenvalue weighted by molar-refractivity contribution is -0.122. The molecule has 124 valence electrons. The number of nitrogens with one attached hydrogen (secondary N) is 1. The molecule has 6 heteroatoms. The molecule has 0 saturated heterocycles. The zero-order valence-corrected chi connectivity index (χ0v) is 13.7. The average molecular weight is 317 g/mol. The van der Waals surface area contributed by atoms with Crippen LogP contribution in [0.2, 0.25) is 0 Å². The van der Waals surface area contributed by atoms with Crippen molar-refractivity contribution in [2.24, 2.45) is 0 Å². The summed E-state index contributed by atoms with van der Waals surface area (Å²) in [5, 5.41) is 12.2. The second kappa shape index (κ2) is 7.93. The Balaban J connectivity index is 2.17. The third-order valence-electron chi connectivity index (χ3n) is 4.27. The van der Waals surface area contributed by atoms with E-state index in [1.807, 2.05) is 6.07 Å². The van der Waals surface area contributed by atoms with Gasteiger partial charge in [0.25, 0.3) is 5.56 Å². The monoisotopic (exact) mass is 317 g/mol. The van der Waals surface area contributed by atoms with E-state index < -0.39 is 5.56 Å². The van der Waals surface area contributed by atoms with Crippen molar-refractivity contribution in [1.29, 1.82) is 5.26 Å². The molecule has 6 nitrogen and oxygen atoms in total. The summed E-state index contributed by atoms with van der Waals surface area (Å²) in [5.74, 6) is -0.175. The Morgan fingerprint density at radius 3 is 2.74 bits per heavy atom. The summed E-state index contributed by atoms with van der Waals surface area (Å²) in [7, 11) is 1.51. The third-order valence-corrected chi connectivity index (χ3v) is 4.27. The molecular formula is C17H23N3O3. The van der Waals surface area contributed by atoms with E-state index in [-0.39, 0.29) is 30.7 Å². The molecular weight excluding hydrogens is 294 g/mol. The minimum atomic E-state index is -0.432. The van der Waals surface area contributed by atoms with Crippen LogP contribution in [0.5, 0.6) is 0 Å². The number of aromatic nitrogens is 1. The molecule has 0 radical (unpaired) electrons. The molecule has 1 fully saturated rings. The summed E-state index contributed by atoms with van der Waals surface area (Å²) >= 11 is 0. The largest absolute Gasteiger partial charge is 0.380 e. The van der Waals surface area contributed by atoms with Gasteiger partial charge in [0.2, 0.25) is 5.91 Å². The van der Waals surface area contributed by atoms with Crippen molar-refractivity contribution >= 4 is 5.91 Å². The van der Waals surface area contributed by atoms with Crippen LogP contribution in [0, 0.1) is 18.3 Å². The second-order valence-electron chi connectivity index (χ2n) is 6.02. The number of ether oxygens (including phenoxy) is 1.